The van der Waals surface area contributed by atoms with Gasteiger partial charge in [0.2, 0.25) is 11.8 Å². The molecule has 0 saturated carbocycles. The van der Waals surface area contributed by atoms with Gasteiger partial charge in [0, 0.05) is 11.9 Å². The molecular weight excluding hydrogens is 360 g/mol. The predicted molar refractivity (Wildman–Crippen MR) is 99.2 cm³/mol. The van der Waals surface area contributed by atoms with Gasteiger partial charge < -0.3 is 15.6 Å². The number of carbonyl (C=O) groups excluding carboxylic acids is 2. The van der Waals surface area contributed by atoms with Gasteiger partial charge in [0.05, 0.1) is 17.7 Å². The summed E-state index contributed by atoms with van der Waals surface area (Å²) >= 11 is 2.74. The number of thiophene rings is 1. The molecule has 0 fully saturated rings. The summed E-state index contributed by atoms with van der Waals surface area (Å²) in [7, 11) is 1.51. The van der Waals surface area contributed by atoms with Crippen molar-refractivity contribution in [2.75, 3.05) is 19.3 Å². The first-order chi connectivity index (χ1) is 12.0. The molecule has 3 N–H and O–H groups in total. The van der Waals surface area contributed by atoms with Gasteiger partial charge in [-0.2, -0.15) is 0 Å². The fraction of sp³-hybridized carbons (Fsp3) is 0.500. The Labute approximate surface area is 153 Å². The van der Waals surface area contributed by atoms with Gasteiger partial charge in [0.1, 0.15) is 4.83 Å². The van der Waals surface area contributed by atoms with Gasteiger partial charge in [-0.3, -0.25) is 14.4 Å². The van der Waals surface area contributed by atoms with Crippen molar-refractivity contribution >= 4 is 45.1 Å². The molecule has 0 aromatic carbocycles. The molecule has 7 nitrogen and oxygen atoms in total. The number of hydrogen-bond acceptors (Lipinski definition) is 6. The topological polar surface area (TPSA) is 104 Å². The average molecular weight is 380 g/mol. The SMILES string of the molecule is CNC(=O)CNC(=O)CSc1nc2sc3c(c2c(=O)[nH]1)CC[C@@H](C)C3. The quantitative estimate of drug-likeness (QED) is 0.532. The van der Waals surface area contributed by atoms with Crippen molar-refractivity contribution in [1.29, 1.82) is 0 Å². The van der Waals surface area contributed by atoms with Crippen LogP contribution < -0.4 is 16.2 Å². The van der Waals surface area contributed by atoms with Crippen LogP contribution in [-0.2, 0) is 22.4 Å². The number of aromatic amines is 1. The molecule has 0 bridgehead atoms. The largest absolute Gasteiger partial charge is 0.358 e. The van der Waals surface area contributed by atoms with Crippen LogP contribution in [0.3, 0.4) is 0 Å². The van der Waals surface area contributed by atoms with Crippen LogP contribution in [-0.4, -0.2) is 41.1 Å². The van der Waals surface area contributed by atoms with Crippen molar-refractivity contribution in [1.82, 2.24) is 20.6 Å². The van der Waals surface area contributed by atoms with E-state index in [9.17, 15) is 14.4 Å². The van der Waals surface area contributed by atoms with E-state index < -0.39 is 0 Å². The summed E-state index contributed by atoms with van der Waals surface area (Å²) in [5, 5.41) is 6.08. The number of amides is 2. The lowest BCUT2D eigenvalue weighted by atomic mass is 9.89. The minimum Gasteiger partial charge on any atom is -0.358 e. The maximum atomic E-state index is 12.5. The van der Waals surface area contributed by atoms with Gasteiger partial charge in [-0.05, 0) is 30.7 Å². The molecule has 0 radical (unpaired) electrons. The minimum absolute atomic E-state index is 0.0608. The average Bonchev–Trinajstić information content (AvgIpc) is 2.95. The Hall–Kier alpha value is -1.87. The van der Waals surface area contributed by atoms with E-state index in [-0.39, 0.29) is 29.7 Å². The molecule has 2 heterocycles. The number of carbonyl (C=O) groups is 2. The fourth-order valence-electron chi connectivity index (χ4n) is 2.85. The Balaban J connectivity index is 1.72. The summed E-state index contributed by atoms with van der Waals surface area (Å²) in [5.74, 6) is 0.186. The predicted octanol–water partition coefficient (Wildman–Crippen LogP) is 1.06. The van der Waals surface area contributed by atoms with Gasteiger partial charge in [0.15, 0.2) is 5.16 Å². The first-order valence-corrected chi connectivity index (χ1v) is 9.92. The molecule has 1 aliphatic carbocycles. The Kier molecular flexibility index (Phi) is 5.43. The standard InChI is InChI=1S/C16H20N4O3S2/c1-8-3-4-9-10(5-8)25-15-13(9)14(23)19-16(20-15)24-7-12(22)18-6-11(21)17-2/h8H,3-7H2,1-2H3,(H,17,21)(H,18,22)(H,19,20,23)/t8-/m1/s1. The summed E-state index contributed by atoms with van der Waals surface area (Å²) in [6.45, 7) is 2.17. The molecule has 1 atom stereocenters. The van der Waals surface area contributed by atoms with Crippen LogP contribution in [0.15, 0.2) is 9.95 Å². The van der Waals surface area contributed by atoms with Crippen molar-refractivity contribution in [3.05, 3.63) is 20.8 Å². The Bertz CT molecular complexity index is 874. The van der Waals surface area contributed by atoms with Crippen LogP contribution in [0.5, 0.6) is 0 Å². The Morgan fingerprint density at radius 3 is 2.96 bits per heavy atom. The summed E-state index contributed by atoms with van der Waals surface area (Å²) in [6, 6.07) is 0. The number of H-pyrrole nitrogens is 1. The summed E-state index contributed by atoms with van der Waals surface area (Å²) in [5.41, 5.74) is 1.01. The van der Waals surface area contributed by atoms with Gasteiger partial charge in [0.25, 0.3) is 5.56 Å². The van der Waals surface area contributed by atoms with Crippen molar-refractivity contribution in [3.8, 4) is 0 Å². The highest BCUT2D eigenvalue weighted by molar-refractivity contribution is 7.99. The van der Waals surface area contributed by atoms with Gasteiger partial charge in [-0.1, -0.05) is 18.7 Å². The molecule has 25 heavy (non-hydrogen) atoms. The maximum absolute atomic E-state index is 12.5. The molecule has 134 valence electrons. The molecule has 3 rings (SSSR count). The monoisotopic (exact) mass is 380 g/mol. The number of fused-ring (bicyclic) bond motifs is 3. The number of aryl methyl sites for hydroxylation is 1. The van der Waals surface area contributed by atoms with Crippen molar-refractivity contribution in [2.24, 2.45) is 5.92 Å². The lowest BCUT2D eigenvalue weighted by Crippen LogP contribution is -2.36. The minimum atomic E-state index is -0.282. The van der Waals surface area contributed by atoms with Crippen molar-refractivity contribution in [2.45, 2.75) is 31.3 Å². The number of hydrogen-bond donors (Lipinski definition) is 3. The zero-order valence-corrected chi connectivity index (χ0v) is 15.7. The van der Waals surface area contributed by atoms with Crippen molar-refractivity contribution < 1.29 is 9.59 Å². The molecule has 0 unspecified atom stereocenters. The zero-order chi connectivity index (χ0) is 18.0. The first-order valence-electron chi connectivity index (χ1n) is 8.12. The molecule has 1 aliphatic rings. The van der Waals surface area contributed by atoms with Crippen molar-refractivity contribution in [3.63, 3.8) is 0 Å². The molecule has 0 saturated heterocycles. The maximum Gasteiger partial charge on any atom is 0.260 e. The summed E-state index contributed by atoms with van der Waals surface area (Å²) < 4.78 is 0. The van der Waals surface area contributed by atoms with Crippen LogP contribution in [0.4, 0.5) is 0 Å². The molecule has 2 amide bonds. The summed E-state index contributed by atoms with van der Waals surface area (Å²) in [4.78, 5) is 44.6. The number of nitrogens with zero attached hydrogens (tertiary/aromatic N) is 1. The number of rotatable bonds is 5. The van der Waals surface area contributed by atoms with E-state index in [0.717, 1.165) is 41.4 Å². The van der Waals surface area contributed by atoms with Crippen LogP contribution in [0, 0.1) is 5.92 Å². The van der Waals surface area contributed by atoms with Gasteiger partial charge in [-0.25, -0.2) is 4.98 Å². The third-order valence-electron chi connectivity index (χ3n) is 4.21. The lowest BCUT2D eigenvalue weighted by Gasteiger charge is -2.17. The Morgan fingerprint density at radius 1 is 1.40 bits per heavy atom. The highest BCUT2D eigenvalue weighted by atomic mass is 32.2. The summed E-state index contributed by atoms with van der Waals surface area (Å²) in [6.07, 6.45) is 3.02. The van der Waals surface area contributed by atoms with Crippen LogP contribution >= 0.6 is 23.1 Å². The second-order valence-corrected chi connectivity index (χ2v) is 8.19. The molecule has 0 spiro atoms. The van der Waals surface area contributed by atoms with Gasteiger partial charge >= 0.3 is 0 Å². The number of likely N-dealkylation sites (N-methyl/N-ethyl adjacent to an activating group) is 1. The molecule has 2 aromatic rings. The highest BCUT2D eigenvalue weighted by Gasteiger charge is 2.23. The third kappa shape index (κ3) is 4.04. The molecular formula is C16H20N4O3S2. The second-order valence-electron chi connectivity index (χ2n) is 6.14. The Morgan fingerprint density at radius 2 is 2.20 bits per heavy atom. The normalized spacial score (nSPS) is 16.5. The lowest BCUT2D eigenvalue weighted by molar-refractivity contribution is -0.124. The van der Waals surface area contributed by atoms with E-state index >= 15 is 0 Å². The molecule has 9 heteroatoms. The van der Waals surface area contributed by atoms with Crippen LogP contribution in [0.1, 0.15) is 23.8 Å². The second kappa shape index (κ2) is 7.57. The van der Waals surface area contributed by atoms with E-state index in [1.807, 2.05) is 0 Å². The smallest absolute Gasteiger partial charge is 0.260 e. The van der Waals surface area contributed by atoms with E-state index in [1.165, 1.54) is 11.9 Å². The fourth-order valence-corrected chi connectivity index (χ4v) is 4.98. The third-order valence-corrected chi connectivity index (χ3v) is 6.23. The number of nitrogens with one attached hydrogen (secondary N) is 3. The first kappa shape index (κ1) is 17.9. The number of thioether (sulfide) groups is 1. The van der Waals surface area contributed by atoms with E-state index in [1.54, 1.807) is 11.3 Å². The molecule has 0 aliphatic heterocycles. The van der Waals surface area contributed by atoms with E-state index in [2.05, 4.69) is 27.5 Å². The van der Waals surface area contributed by atoms with Gasteiger partial charge in [-0.15, -0.1) is 11.3 Å². The highest BCUT2D eigenvalue weighted by Crippen LogP contribution is 2.36. The number of aromatic nitrogens is 2. The van der Waals surface area contributed by atoms with E-state index in [4.69, 9.17) is 0 Å². The molecule has 2 aromatic heterocycles. The zero-order valence-electron chi connectivity index (χ0n) is 14.1. The van der Waals surface area contributed by atoms with E-state index in [0.29, 0.717) is 16.5 Å². The van der Waals surface area contributed by atoms with Crippen LogP contribution in [0.25, 0.3) is 10.2 Å². The van der Waals surface area contributed by atoms with Crippen LogP contribution in [0.2, 0.25) is 0 Å².